The molecule has 70 valence electrons. The highest BCUT2D eigenvalue weighted by molar-refractivity contribution is 7.99. The largest absolute Gasteiger partial charge is 0.314 e. The molecule has 2 fully saturated rings. The maximum Gasteiger partial charge on any atom is 0.126 e. The maximum absolute atomic E-state index is 2.47. The lowest BCUT2D eigenvalue weighted by molar-refractivity contribution is -0.916. The molecule has 1 unspecified atom stereocenters. The summed E-state index contributed by atoms with van der Waals surface area (Å²) in [7, 11) is 2.47. The van der Waals surface area contributed by atoms with Gasteiger partial charge in [-0.15, -0.1) is 0 Å². The van der Waals surface area contributed by atoms with Crippen LogP contribution < -0.4 is 0 Å². The van der Waals surface area contributed by atoms with Gasteiger partial charge in [-0.3, -0.25) is 0 Å². The van der Waals surface area contributed by atoms with Gasteiger partial charge in [0.25, 0.3) is 0 Å². The van der Waals surface area contributed by atoms with Gasteiger partial charge in [0.1, 0.15) is 5.88 Å². The van der Waals surface area contributed by atoms with Crippen LogP contribution in [0.2, 0.25) is 0 Å². The average molecular weight is 186 g/mol. The highest BCUT2D eigenvalue weighted by atomic mass is 32.2. The van der Waals surface area contributed by atoms with E-state index in [1.54, 1.807) is 0 Å². The summed E-state index contributed by atoms with van der Waals surface area (Å²) >= 11 is 2.15. The van der Waals surface area contributed by atoms with E-state index < -0.39 is 0 Å². The van der Waals surface area contributed by atoms with Crippen molar-refractivity contribution in [3.8, 4) is 0 Å². The van der Waals surface area contributed by atoms with Gasteiger partial charge in [0.15, 0.2) is 0 Å². The molecule has 1 heterocycles. The van der Waals surface area contributed by atoms with Crippen LogP contribution in [0.3, 0.4) is 0 Å². The summed E-state index contributed by atoms with van der Waals surface area (Å²) in [6, 6.07) is 1.01. The smallest absolute Gasteiger partial charge is 0.126 e. The first-order valence-electron chi connectivity index (χ1n) is 5.23. The standard InChI is InChI=1S/C10H20NS/c1-11(7-8-12-9-11)10-5-3-2-4-6-10/h10H,2-9H2,1H3/q+1. The lowest BCUT2D eigenvalue weighted by atomic mass is 9.93. The van der Waals surface area contributed by atoms with Gasteiger partial charge in [-0.2, -0.15) is 0 Å². The molecular formula is C10H20NS+. The fourth-order valence-corrected chi connectivity index (χ4v) is 4.04. The molecule has 12 heavy (non-hydrogen) atoms. The molecule has 1 saturated heterocycles. The molecule has 2 rings (SSSR count). The van der Waals surface area contributed by atoms with E-state index in [-0.39, 0.29) is 0 Å². The zero-order chi connectivity index (χ0) is 8.44. The van der Waals surface area contributed by atoms with Crippen LogP contribution in [0.1, 0.15) is 32.1 Å². The first-order valence-corrected chi connectivity index (χ1v) is 6.39. The molecule has 1 nitrogen and oxygen atoms in total. The van der Waals surface area contributed by atoms with E-state index in [4.69, 9.17) is 0 Å². The highest BCUT2D eigenvalue weighted by Gasteiger charge is 2.36. The minimum Gasteiger partial charge on any atom is -0.314 e. The molecule has 1 aliphatic carbocycles. The van der Waals surface area contributed by atoms with Crippen LogP contribution in [0, 0.1) is 0 Å². The van der Waals surface area contributed by atoms with E-state index in [1.807, 2.05) is 0 Å². The summed E-state index contributed by atoms with van der Waals surface area (Å²) in [4.78, 5) is 0. The van der Waals surface area contributed by atoms with E-state index in [1.165, 1.54) is 54.8 Å². The molecule has 0 spiro atoms. The van der Waals surface area contributed by atoms with Crippen molar-refractivity contribution in [1.29, 1.82) is 0 Å². The van der Waals surface area contributed by atoms with E-state index in [2.05, 4.69) is 18.8 Å². The summed E-state index contributed by atoms with van der Waals surface area (Å²) in [6.07, 6.45) is 7.46. The zero-order valence-electron chi connectivity index (χ0n) is 8.09. The fourth-order valence-electron chi connectivity index (χ4n) is 2.60. The Morgan fingerprint density at radius 1 is 1.17 bits per heavy atom. The summed E-state index contributed by atoms with van der Waals surface area (Å²) < 4.78 is 1.38. The molecule has 2 heteroatoms. The van der Waals surface area contributed by atoms with Gasteiger partial charge in [0.05, 0.1) is 19.6 Å². The minimum atomic E-state index is 1.01. The molecule has 1 saturated carbocycles. The first kappa shape index (κ1) is 8.89. The molecule has 0 aromatic rings. The van der Waals surface area contributed by atoms with Crippen LogP contribution in [0.25, 0.3) is 0 Å². The van der Waals surface area contributed by atoms with Gasteiger partial charge in [0, 0.05) is 5.75 Å². The molecule has 0 aromatic carbocycles. The maximum atomic E-state index is 2.47. The number of rotatable bonds is 1. The van der Waals surface area contributed by atoms with E-state index in [0.717, 1.165) is 6.04 Å². The monoisotopic (exact) mass is 186 g/mol. The van der Waals surface area contributed by atoms with Crippen molar-refractivity contribution in [2.45, 2.75) is 38.1 Å². The predicted octanol–water partition coefficient (Wildman–Crippen LogP) is 2.47. The predicted molar refractivity (Wildman–Crippen MR) is 55.2 cm³/mol. The van der Waals surface area contributed by atoms with Gasteiger partial charge in [-0.05, 0) is 25.7 Å². The summed E-state index contributed by atoms with van der Waals surface area (Å²) in [5.74, 6) is 2.78. The van der Waals surface area contributed by atoms with Crippen molar-refractivity contribution in [1.82, 2.24) is 0 Å². The Morgan fingerprint density at radius 2 is 1.92 bits per heavy atom. The van der Waals surface area contributed by atoms with Crippen LogP contribution in [-0.4, -0.2) is 35.7 Å². The Kier molecular flexibility index (Phi) is 2.66. The molecule has 1 aliphatic heterocycles. The van der Waals surface area contributed by atoms with Crippen molar-refractivity contribution < 1.29 is 4.48 Å². The van der Waals surface area contributed by atoms with Crippen LogP contribution >= 0.6 is 11.8 Å². The molecule has 0 bridgehead atoms. The first-order chi connectivity index (χ1) is 5.81. The van der Waals surface area contributed by atoms with Crippen molar-refractivity contribution >= 4 is 11.8 Å². The fraction of sp³-hybridized carbons (Fsp3) is 1.00. The molecular weight excluding hydrogens is 166 g/mol. The van der Waals surface area contributed by atoms with Crippen LogP contribution in [0.15, 0.2) is 0 Å². The second-order valence-corrected chi connectivity index (χ2v) is 5.61. The van der Waals surface area contributed by atoms with Gasteiger partial charge in [-0.25, -0.2) is 0 Å². The third-order valence-electron chi connectivity index (χ3n) is 3.59. The molecule has 0 aromatic heterocycles. The number of hydrogen-bond acceptors (Lipinski definition) is 1. The van der Waals surface area contributed by atoms with Crippen molar-refractivity contribution in [2.24, 2.45) is 0 Å². The zero-order valence-corrected chi connectivity index (χ0v) is 8.91. The number of nitrogens with zero attached hydrogens (tertiary/aromatic N) is 1. The van der Waals surface area contributed by atoms with Gasteiger partial charge >= 0.3 is 0 Å². The van der Waals surface area contributed by atoms with Crippen LogP contribution in [0.5, 0.6) is 0 Å². The summed E-state index contributed by atoms with van der Waals surface area (Å²) in [6.45, 7) is 1.43. The van der Waals surface area contributed by atoms with Gasteiger partial charge < -0.3 is 4.48 Å². The van der Waals surface area contributed by atoms with Crippen molar-refractivity contribution in [2.75, 3.05) is 25.2 Å². The van der Waals surface area contributed by atoms with Crippen LogP contribution in [0.4, 0.5) is 0 Å². The lowest BCUT2D eigenvalue weighted by Crippen LogP contribution is -2.50. The Morgan fingerprint density at radius 3 is 2.50 bits per heavy atom. The van der Waals surface area contributed by atoms with Gasteiger partial charge in [0.2, 0.25) is 0 Å². The van der Waals surface area contributed by atoms with Gasteiger partial charge in [-0.1, -0.05) is 18.2 Å². The highest BCUT2D eigenvalue weighted by Crippen LogP contribution is 2.32. The SMILES string of the molecule is C[N+]1(C2CCCCC2)CCSC1. The number of quaternary nitrogens is 1. The van der Waals surface area contributed by atoms with E-state index in [9.17, 15) is 0 Å². The second kappa shape index (κ2) is 3.59. The average Bonchev–Trinajstić information content (AvgIpc) is 2.55. The topological polar surface area (TPSA) is 0 Å². The Balaban J connectivity index is 1.96. The molecule has 1 atom stereocenters. The minimum absolute atomic E-state index is 1.01. The Labute approximate surface area is 80.1 Å². The van der Waals surface area contributed by atoms with E-state index >= 15 is 0 Å². The lowest BCUT2D eigenvalue weighted by Gasteiger charge is -2.39. The molecule has 0 amide bonds. The Hall–Kier alpha value is 0.310. The quantitative estimate of drug-likeness (QED) is 0.567. The van der Waals surface area contributed by atoms with E-state index in [0.29, 0.717) is 0 Å². The number of thioether (sulfide) groups is 1. The summed E-state index contributed by atoms with van der Waals surface area (Å²) in [5.41, 5.74) is 0. The van der Waals surface area contributed by atoms with Crippen LogP contribution in [-0.2, 0) is 0 Å². The number of hydrogen-bond donors (Lipinski definition) is 0. The molecule has 2 aliphatic rings. The van der Waals surface area contributed by atoms with Crippen molar-refractivity contribution in [3.05, 3.63) is 0 Å². The second-order valence-electron chi connectivity index (χ2n) is 4.53. The Bertz CT molecular complexity index is 146. The van der Waals surface area contributed by atoms with Crippen molar-refractivity contribution in [3.63, 3.8) is 0 Å². The normalized spacial score (nSPS) is 38.8. The summed E-state index contributed by atoms with van der Waals surface area (Å²) in [5, 5.41) is 0. The third-order valence-corrected chi connectivity index (χ3v) is 4.83. The molecule has 0 radical (unpaired) electrons. The third kappa shape index (κ3) is 1.64. The molecule has 0 N–H and O–H groups in total.